The van der Waals surface area contributed by atoms with Gasteiger partial charge in [0, 0.05) is 23.6 Å². The molecule has 1 aromatic heterocycles. The van der Waals surface area contributed by atoms with Crippen molar-refractivity contribution in [2.45, 2.75) is 134 Å². The maximum absolute atomic E-state index is 14.9. The molecule has 0 unspecified atom stereocenters. The molecule has 2 aromatic rings. The summed E-state index contributed by atoms with van der Waals surface area (Å²) in [5.74, 6) is -3.82. The van der Waals surface area contributed by atoms with E-state index in [0.29, 0.717) is 36.8 Å². The minimum Gasteiger partial charge on any atom is -0.494 e. The molecule has 1 N–H and O–H groups in total. The fourth-order valence-corrected chi connectivity index (χ4v) is 9.25. The van der Waals surface area contributed by atoms with Gasteiger partial charge in [0.05, 0.1) is 60.6 Å². The number of carbonyl (C=O) groups is 4. The predicted octanol–water partition coefficient (Wildman–Crippen LogP) is 5.68. The van der Waals surface area contributed by atoms with Crippen LogP contribution in [0.4, 0.5) is 8.78 Å². The van der Waals surface area contributed by atoms with Crippen LogP contribution < -0.4 is 14.2 Å². The number of alkyl halides is 2. The van der Waals surface area contributed by atoms with Gasteiger partial charge in [-0.25, -0.2) is 22.2 Å². The van der Waals surface area contributed by atoms with Gasteiger partial charge >= 0.3 is 5.97 Å². The number of sulfonamides is 1. The van der Waals surface area contributed by atoms with Gasteiger partial charge in [0.2, 0.25) is 27.7 Å². The highest BCUT2D eigenvalue weighted by Gasteiger charge is 2.63. The number of rotatable bonds is 11. The average molecular weight is 818 g/mol. The Hall–Kier alpha value is -4.18. The number of ketones is 1. The second kappa shape index (κ2) is 16.2. The van der Waals surface area contributed by atoms with Gasteiger partial charge in [-0.05, 0) is 78.2 Å². The zero-order valence-electron chi connectivity index (χ0n) is 33.3. The van der Waals surface area contributed by atoms with Gasteiger partial charge in [0.25, 0.3) is 6.43 Å². The summed E-state index contributed by atoms with van der Waals surface area (Å²) in [7, 11) is -2.50. The highest BCUT2D eigenvalue weighted by molar-refractivity contribution is 7.91. The maximum Gasteiger partial charge on any atom is 0.307 e. The van der Waals surface area contributed by atoms with Crippen LogP contribution in [0.1, 0.15) is 92.4 Å². The first kappa shape index (κ1) is 42.4. The van der Waals surface area contributed by atoms with Crippen LogP contribution in [0.15, 0.2) is 42.6 Å². The molecule has 0 radical (unpaired) electrons. The Labute approximate surface area is 332 Å². The van der Waals surface area contributed by atoms with E-state index in [2.05, 4.69) is 9.71 Å². The van der Waals surface area contributed by atoms with Crippen molar-refractivity contribution in [1.29, 1.82) is 0 Å². The third kappa shape index (κ3) is 8.81. The molecule has 57 heavy (non-hydrogen) atoms. The Morgan fingerprint density at radius 1 is 1.16 bits per heavy atom. The molecule has 16 heteroatoms. The first-order valence-corrected chi connectivity index (χ1v) is 21.1. The number of pyridine rings is 1. The van der Waals surface area contributed by atoms with Crippen molar-refractivity contribution in [1.82, 2.24) is 14.6 Å². The molecule has 0 spiro atoms. The molecule has 1 aromatic carbocycles. The monoisotopic (exact) mass is 817 g/mol. The summed E-state index contributed by atoms with van der Waals surface area (Å²) in [5, 5.41) is 1.35. The predicted molar refractivity (Wildman–Crippen MR) is 205 cm³/mol. The number of allylic oxidation sites excluding steroid dienone is 2. The third-order valence-corrected chi connectivity index (χ3v) is 14.2. The topological polar surface area (TPSA) is 167 Å². The van der Waals surface area contributed by atoms with Crippen molar-refractivity contribution < 1.29 is 55.3 Å². The van der Waals surface area contributed by atoms with E-state index < -0.39 is 98.4 Å². The summed E-state index contributed by atoms with van der Waals surface area (Å²) in [6.45, 7) is 7.22. The smallest absolute Gasteiger partial charge is 0.307 e. The number of carbonyl (C=O) groups excluding carboxylic acids is 4. The quantitative estimate of drug-likeness (QED) is 0.219. The van der Waals surface area contributed by atoms with Crippen molar-refractivity contribution in [2.24, 2.45) is 17.3 Å². The van der Waals surface area contributed by atoms with Crippen molar-refractivity contribution in [3.05, 3.63) is 42.6 Å². The van der Waals surface area contributed by atoms with Gasteiger partial charge in [-0.3, -0.25) is 23.9 Å². The number of benzene rings is 1. The molecule has 6 rings (SSSR count). The van der Waals surface area contributed by atoms with Crippen LogP contribution in [0, 0.1) is 17.3 Å². The van der Waals surface area contributed by atoms with Crippen LogP contribution in [-0.2, 0) is 38.7 Å². The van der Waals surface area contributed by atoms with Crippen LogP contribution in [0.2, 0.25) is 0 Å². The zero-order valence-corrected chi connectivity index (χ0v) is 34.1. The van der Waals surface area contributed by atoms with Crippen LogP contribution in [-0.4, -0.2) is 96.7 Å². The van der Waals surface area contributed by atoms with E-state index in [4.69, 9.17) is 18.9 Å². The molecule has 4 aliphatic rings. The fourth-order valence-electron chi connectivity index (χ4n) is 7.92. The van der Waals surface area contributed by atoms with Crippen LogP contribution >= 0.6 is 0 Å². The highest BCUT2D eigenvalue weighted by atomic mass is 32.2. The number of halogens is 2. The number of hydrogen-bond donors (Lipinski definition) is 1. The number of methoxy groups -OCH3 is 1. The lowest BCUT2D eigenvalue weighted by atomic mass is 9.90. The van der Waals surface area contributed by atoms with Gasteiger partial charge in [-0.2, -0.15) is 0 Å². The van der Waals surface area contributed by atoms with Crippen molar-refractivity contribution in [3.63, 3.8) is 0 Å². The van der Waals surface area contributed by atoms with E-state index in [0.717, 1.165) is 19.2 Å². The lowest BCUT2D eigenvalue weighted by molar-refractivity contribution is -0.176. The largest absolute Gasteiger partial charge is 0.494 e. The Bertz CT molecular complexity index is 2020. The number of amides is 2. The molecular formula is C41H53F2N3O10S. The second-order valence-electron chi connectivity index (χ2n) is 16.7. The Morgan fingerprint density at radius 3 is 2.51 bits per heavy atom. The molecule has 312 valence electrons. The first-order chi connectivity index (χ1) is 26.8. The Morgan fingerprint density at radius 2 is 1.86 bits per heavy atom. The molecular weight excluding hydrogens is 765 g/mol. The number of nitrogens with one attached hydrogen (secondary N) is 1. The summed E-state index contributed by atoms with van der Waals surface area (Å²) in [6, 6.07) is 6.13. The van der Waals surface area contributed by atoms with Gasteiger partial charge in [0.15, 0.2) is 11.4 Å². The number of aromatic nitrogens is 1. The first-order valence-electron chi connectivity index (χ1n) is 19.6. The number of hydrogen-bond acceptors (Lipinski definition) is 11. The SMILES string of the molecule is CC[C@@H]1O[C@H](C)CC/C=C\[C@@H]2C[C@@]2(C(=O)NS(=O)(=O)C2(C)CC2)CC(=O)[C@@H]2C[C@@H](Oc3ncc(OC)c4ccccc34)CN2C(=O)[C@H]1CC(=O)OC(C)(C)C(F)F. The number of Topliss-reactive ketones (excluding diaryl/α,β-unsaturated/α-hetero) is 1. The van der Waals surface area contributed by atoms with E-state index in [9.17, 15) is 36.4 Å². The highest BCUT2D eigenvalue weighted by Crippen LogP contribution is 2.57. The van der Waals surface area contributed by atoms with Crippen LogP contribution in [0.5, 0.6) is 11.6 Å². The molecule has 3 heterocycles. The van der Waals surface area contributed by atoms with Crippen LogP contribution in [0.25, 0.3) is 10.8 Å². The summed E-state index contributed by atoms with van der Waals surface area (Å²) < 4.78 is 78.7. The molecule has 3 fully saturated rings. The molecule has 7 atom stereocenters. The fraction of sp³-hybridized carbons (Fsp3) is 0.634. The molecule has 1 saturated heterocycles. The van der Waals surface area contributed by atoms with E-state index in [1.165, 1.54) is 18.2 Å². The standard InChI is InChI=1S/C41H53F2N3O10S/c1-7-32-29(19-34(48)56-39(3,4)37(42)43)36(49)46-23-26(55-35-28-15-11-10-14-27(28)33(53-6)22-44-35)18-30(46)31(47)21-41(20-25(41)13-9-8-12-24(2)54-32)38(50)45-57(51,52)40(5)16-17-40/h9-11,13-15,22,24-26,29-30,32,37H,7-8,12,16-21,23H2,1-6H3,(H,45,50)/b13-9-/t24-,25-,26-,29+,30+,32+,41-/m1/s1. The van der Waals surface area contributed by atoms with E-state index in [-0.39, 0.29) is 38.1 Å². The van der Waals surface area contributed by atoms with Gasteiger partial charge in [-0.15, -0.1) is 0 Å². The number of fused-ring (bicyclic) bond motifs is 3. The Balaban J connectivity index is 1.37. The molecule has 2 amide bonds. The zero-order chi connectivity index (χ0) is 41.5. The van der Waals surface area contributed by atoms with Gasteiger partial charge in [0.1, 0.15) is 11.9 Å². The molecule has 13 nitrogen and oxygen atoms in total. The summed E-state index contributed by atoms with van der Waals surface area (Å²) in [6.07, 6.45) is 1.57. The summed E-state index contributed by atoms with van der Waals surface area (Å²) in [5.41, 5.74) is -3.49. The van der Waals surface area contributed by atoms with Crippen molar-refractivity contribution in [2.75, 3.05) is 13.7 Å². The van der Waals surface area contributed by atoms with Gasteiger partial charge in [-0.1, -0.05) is 37.3 Å². The number of nitrogens with zero attached hydrogens (tertiary/aromatic N) is 2. The molecule has 0 bridgehead atoms. The summed E-state index contributed by atoms with van der Waals surface area (Å²) in [4.78, 5) is 62.7. The molecule has 2 aliphatic heterocycles. The van der Waals surface area contributed by atoms with Crippen molar-refractivity contribution >= 4 is 44.4 Å². The average Bonchev–Trinajstić information content (AvgIpc) is 4.04. The van der Waals surface area contributed by atoms with Gasteiger partial charge < -0.3 is 23.8 Å². The van der Waals surface area contributed by atoms with Crippen LogP contribution in [0.3, 0.4) is 0 Å². The van der Waals surface area contributed by atoms with E-state index in [1.807, 2.05) is 37.3 Å². The molecule has 2 aliphatic carbocycles. The minimum absolute atomic E-state index is 0.00911. The van der Waals surface area contributed by atoms with E-state index >= 15 is 0 Å². The number of esters is 1. The lowest BCUT2D eigenvalue weighted by Crippen LogP contribution is -2.49. The van der Waals surface area contributed by atoms with E-state index in [1.54, 1.807) is 19.9 Å². The number of ether oxygens (including phenoxy) is 4. The minimum atomic E-state index is -4.02. The van der Waals surface area contributed by atoms with Crippen molar-refractivity contribution in [3.8, 4) is 11.6 Å². The maximum atomic E-state index is 14.9. The third-order valence-electron chi connectivity index (χ3n) is 12.0. The lowest BCUT2D eigenvalue weighted by Gasteiger charge is -2.34. The Kier molecular flexibility index (Phi) is 12.1. The summed E-state index contributed by atoms with van der Waals surface area (Å²) >= 11 is 0. The molecule has 2 saturated carbocycles. The second-order valence-corrected chi connectivity index (χ2v) is 18.9. The normalized spacial score (nSPS) is 29.7.